The average molecular weight is 343 g/mol. The smallest absolute Gasteiger partial charge is 0.250 e. The van der Waals surface area contributed by atoms with Gasteiger partial charge in [-0.15, -0.1) is 0 Å². The maximum absolute atomic E-state index is 11.9. The first kappa shape index (κ1) is 16.2. The molecule has 1 aromatic carbocycles. The van der Waals surface area contributed by atoms with Crippen LogP contribution in [0.15, 0.2) is 54.7 Å². The Bertz CT molecular complexity index is 890. The standard InChI is InChI=1S/C17H17N3O3S/c1-24(22,23)19-17-15(5-4-11-18-17)13-7-9-14(10-8-13)20-12-3-2-6-16(20)21/h2,4-11H,3,12H2,1H3,(H,18,19). The number of carbonyl (C=O) groups is 1. The van der Waals surface area contributed by atoms with Crippen molar-refractivity contribution in [1.82, 2.24) is 4.98 Å². The molecule has 124 valence electrons. The van der Waals surface area contributed by atoms with Crippen molar-refractivity contribution in [3.63, 3.8) is 0 Å². The molecule has 1 aliphatic heterocycles. The van der Waals surface area contributed by atoms with E-state index in [0.29, 0.717) is 12.1 Å². The second-order valence-electron chi connectivity index (χ2n) is 5.50. The Balaban J connectivity index is 1.92. The zero-order valence-electron chi connectivity index (χ0n) is 13.1. The van der Waals surface area contributed by atoms with E-state index in [2.05, 4.69) is 9.71 Å². The van der Waals surface area contributed by atoms with Crippen LogP contribution in [0.4, 0.5) is 11.5 Å². The number of carbonyl (C=O) groups excluding carboxylic acids is 1. The average Bonchev–Trinajstić information content (AvgIpc) is 2.55. The molecule has 1 amide bonds. The fourth-order valence-corrected chi connectivity index (χ4v) is 3.07. The largest absolute Gasteiger partial charge is 0.309 e. The highest BCUT2D eigenvalue weighted by molar-refractivity contribution is 7.92. The Hall–Kier alpha value is -2.67. The molecule has 0 aliphatic carbocycles. The van der Waals surface area contributed by atoms with Gasteiger partial charge in [0.15, 0.2) is 0 Å². The van der Waals surface area contributed by atoms with Crippen LogP contribution in [0.2, 0.25) is 0 Å². The number of pyridine rings is 1. The summed E-state index contributed by atoms with van der Waals surface area (Å²) in [6, 6.07) is 10.9. The van der Waals surface area contributed by atoms with Gasteiger partial charge in [-0.1, -0.05) is 18.2 Å². The number of nitrogens with one attached hydrogen (secondary N) is 1. The van der Waals surface area contributed by atoms with Gasteiger partial charge in [-0.05, 0) is 42.3 Å². The van der Waals surface area contributed by atoms with Gasteiger partial charge >= 0.3 is 0 Å². The van der Waals surface area contributed by atoms with Crippen LogP contribution >= 0.6 is 0 Å². The van der Waals surface area contributed by atoms with E-state index in [0.717, 1.165) is 23.9 Å². The monoisotopic (exact) mass is 343 g/mol. The molecule has 7 heteroatoms. The van der Waals surface area contributed by atoms with Crippen LogP contribution in [0.3, 0.4) is 0 Å². The van der Waals surface area contributed by atoms with Gasteiger partial charge in [-0.3, -0.25) is 9.52 Å². The quantitative estimate of drug-likeness (QED) is 0.924. The van der Waals surface area contributed by atoms with Crippen molar-refractivity contribution in [2.45, 2.75) is 6.42 Å². The molecule has 0 radical (unpaired) electrons. The van der Waals surface area contributed by atoms with E-state index in [1.165, 1.54) is 6.20 Å². The van der Waals surface area contributed by atoms with Crippen LogP contribution in [-0.4, -0.2) is 32.1 Å². The molecule has 0 fully saturated rings. The van der Waals surface area contributed by atoms with Gasteiger partial charge in [-0.25, -0.2) is 13.4 Å². The number of aromatic nitrogens is 1. The Kier molecular flexibility index (Phi) is 4.35. The van der Waals surface area contributed by atoms with Crippen molar-refractivity contribution in [3.05, 3.63) is 54.7 Å². The maximum atomic E-state index is 11.9. The summed E-state index contributed by atoms with van der Waals surface area (Å²) in [6.07, 6.45) is 6.89. The molecule has 1 aliphatic rings. The molecule has 0 atom stereocenters. The summed E-state index contributed by atoms with van der Waals surface area (Å²) in [4.78, 5) is 17.7. The van der Waals surface area contributed by atoms with E-state index in [1.807, 2.05) is 30.3 Å². The third-order valence-electron chi connectivity index (χ3n) is 3.63. The van der Waals surface area contributed by atoms with E-state index in [4.69, 9.17) is 0 Å². The number of nitrogens with zero attached hydrogens (tertiary/aromatic N) is 2. The van der Waals surface area contributed by atoms with Crippen LogP contribution < -0.4 is 9.62 Å². The predicted octanol–water partition coefficient (Wildman–Crippen LogP) is 2.41. The van der Waals surface area contributed by atoms with Crippen molar-refractivity contribution in [2.24, 2.45) is 0 Å². The van der Waals surface area contributed by atoms with E-state index in [1.54, 1.807) is 23.1 Å². The minimum atomic E-state index is -3.41. The Morgan fingerprint density at radius 2 is 1.92 bits per heavy atom. The number of rotatable bonds is 4. The summed E-state index contributed by atoms with van der Waals surface area (Å²) in [6.45, 7) is 0.655. The normalized spacial score (nSPS) is 14.7. The second kappa shape index (κ2) is 6.45. The summed E-state index contributed by atoms with van der Waals surface area (Å²) in [7, 11) is -3.41. The summed E-state index contributed by atoms with van der Waals surface area (Å²) in [5, 5.41) is 0. The molecular weight excluding hydrogens is 326 g/mol. The lowest BCUT2D eigenvalue weighted by atomic mass is 10.1. The highest BCUT2D eigenvalue weighted by Gasteiger charge is 2.16. The number of anilines is 2. The van der Waals surface area contributed by atoms with Crippen molar-refractivity contribution >= 4 is 27.4 Å². The molecule has 1 N–H and O–H groups in total. The first-order valence-corrected chi connectivity index (χ1v) is 9.34. The summed E-state index contributed by atoms with van der Waals surface area (Å²) in [5.74, 6) is 0.250. The van der Waals surface area contributed by atoms with Crippen LogP contribution in [0.25, 0.3) is 11.1 Å². The maximum Gasteiger partial charge on any atom is 0.250 e. The minimum Gasteiger partial charge on any atom is -0.309 e. The molecule has 0 unspecified atom stereocenters. The lowest BCUT2D eigenvalue weighted by Crippen LogP contribution is -2.32. The first-order chi connectivity index (χ1) is 11.4. The van der Waals surface area contributed by atoms with Crippen LogP contribution in [0.1, 0.15) is 6.42 Å². The fourth-order valence-electron chi connectivity index (χ4n) is 2.56. The molecule has 3 rings (SSSR count). The number of benzene rings is 1. The Morgan fingerprint density at radius 3 is 2.58 bits per heavy atom. The molecule has 2 heterocycles. The van der Waals surface area contributed by atoms with E-state index in [9.17, 15) is 13.2 Å². The first-order valence-electron chi connectivity index (χ1n) is 7.45. The van der Waals surface area contributed by atoms with Gasteiger partial charge in [-0.2, -0.15) is 0 Å². The zero-order chi connectivity index (χ0) is 17.2. The molecule has 2 aromatic rings. The van der Waals surface area contributed by atoms with Gasteiger partial charge < -0.3 is 4.90 Å². The SMILES string of the molecule is CS(=O)(=O)Nc1ncccc1-c1ccc(N2CCC=CC2=O)cc1. The van der Waals surface area contributed by atoms with Gasteiger partial charge in [0, 0.05) is 24.0 Å². The third kappa shape index (κ3) is 3.62. The molecule has 0 spiro atoms. The lowest BCUT2D eigenvalue weighted by molar-refractivity contribution is -0.114. The van der Waals surface area contributed by atoms with E-state index < -0.39 is 10.0 Å². The van der Waals surface area contributed by atoms with Gasteiger partial charge in [0.2, 0.25) is 10.0 Å². The molecule has 1 aromatic heterocycles. The molecule has 24 heavy (non-hydrogen) atoms. The second-order valence-corrected chi connectivity index (χ2v) is 7.25. The molecular formula is C17H17N3O3S. The lowest BCUT2D eigenvalue weighted by Gasteiger charge is -2.23. The number of hydrogen-bond donors (Lipinski definition) is 1. The summed E-state index contributed by atoms with van der Waals surface area (Å²) >= 11 is 0. The predicted molar refractivity (Wildman–Crippen MR) is 94.2 cm³/mol. The van der Waals surface area contributed by atoms with Crippen LogP contribution in [-0.2, 0) is 14.8 Å². The molecule has 0 bridgehead atoms. The van der Waals surface area contributed by atoms with Crippen LogP contribution in [0.5, 0.6) is 0 Å². The van der Waals surface area contributed by atoms with E-state index in [-0.39, 0.29) is 11.7 Å². The van der Waals surface area contributed by atoms with Crippen molar-refractivity contribution < 1.29 is 13.2 Å². The summed E-state index contributed by atoms with van der Waals surface area (Å²) in [5.41, 5.74) is 2.31. The summed E-state index contributed by atoms with van der Waals surface area (Å²) < 4.78 is 25.4. The van der Waals surface area contributed by atoms with Gasteiger partial charge in [0.1, 0.15) is 5.82 Å². The number of sulfonamides is 1. The van der Waals surface area contributed by atoms with E-state index >= 15 is 0 Å². The number of hydrogen-bond acceptors (Lipinski definition) is 4. The van der Waals surface area contributed by atoms with Gasteiger partial charge in [0.05, 0.1) is 6.26 Å². The highest BCUT2D eigenvalue weighted by Crippen LogP contribution is 2.29. The zero-order valence-corrected chi connectivity index (χ0v) is 14.0. The Morgan fingerprint density at radius 1 is 1.17 bits per heavy atom. The molecule has 0 saturated carbocycles. The Labute approximate surface area is 140 Å². The topological polar surface area (TPSA) is 79.4 Å². The van der Waals surface area contributed by atoms with Crippen molar-refractivity contribution in [2.75, 3.05) is 22.4 Å². The number of amides is 1. The van der Waals surface area contributed by atoms with Crippen molar-refractivity contribution in [3.8, 4) is 11.1 Å². The third-order valence-corrected chi connectivity index (χ3v) is 4.19. The van der Waals surface area contributed by atoms with Gasteiger partial charge in [0.25, 0.3) is 5.91 Å². The minimum absolute atomic E-state index is 0.0326. The molecule has 0 saturated heterocycles. The van der Waals surface area contributed by atoms with Crippen molar-refractivity contribution in [1.29, 1.82) is 0 Å². The fraction of sp³-hybridized carbons (Fsp3) is 0.176. The molecule has 6 nitrogen and oxygen atoms in total. The highest BCUT2D eigenvalue weighted by atomic mass is 32.2. The van der Waals surface area contributed by atoms with Crippen LogP contribution in [0, 0.1) is 0 Å².